The van der Waals surface area contributed by atoms with Gasteiger partial charge in [0.25, 0.3) is 5.12 Å². The highest BCUT2D eigenvalue weighted by Gasteiger charge is 2.65. The van der Waals surface area contributed by atoms with Crippen molar-refractivity contribution in [3.8, 4) is 0 Å². The van der Waals surface area contributed by atoms with Crippen LogP contribution in [0.25, 0.3) is 0 Å². The van der Waals surface area contributed by atoms with Crippen molar-refractivity contribution in [1.82, 2.24) is 5.32 Å². The van der Waals surface area contributed by atoms with Gasteiger partial charge in [-0.3, -0.25) is 9.59 Å². The third-order valence-corrected chi connectivity index (χ3v) is 3.59. The van der Waals surface area contributed by atoms with Crippen LogP contribution in [0.4, 0.5) is 43.9 Å². The number of halogens is 10. The van der Waals surface area contributed by atoms with Crippen molar-refractivity contribution in [3.63, 3.8) is 0 Å². The molecule has 164 valence electrons. The molecule has 16 heteroatoms. The highest BCUT2D eigenvalue weighted by molar-refractivity contribution is 8.13. The smallest absolute Gasteiger partial charge is 0.461 e. The lowest BCUT2D eigenvalue weighted by Gasteiger charge is -2.24. The Morgan fingerprint density at radius 1 is 0.857 bits per heavy atom. The Kier molecular flexibility index (Phi) is 8.19. The molecule has 1 unspecified atom stereocenters. The van der Waals surface area contributed by atoms with Crippen LogP contribution < -0.4 is 5.32 Å². The second-order valence-electron chi connectivity index (χ2n) is 5.25. The molecule has 1 amide bonds. The van der Waals surface area contributed by atoms with E-state index in [2.05, 4.69) is 4.74 Å². The molecule has 0 bridgehead atoms. The monoisotopic (exact) mass is 455 g/mol. The molecule has 0 saturated heterocycles. The minimum absolute atomic E-state index is 0.832. The Balaban J connectivity index is 5.44. The molecule has 0 aromatic heterocycles. The Bertz CT molecular complexity index is 602. The fourth-order valence-corrected chi connectivity index (χ4v) is 2.06. The van der Waals surface area contributed by atoms with E-state index >= 15 is 0 Å². The maximum atomic E-state index is 12.9. The van der Waals surface area contributed by atoms with Gasteiger partial charge in [0, 0.05) is 5.75 Å². The molecule has 0 aliphatic heterocycles. The Hall–Kier alpha value is -1.74. The second-order valence-corrected chi connectivity index (χ2v) is 6.25. The molecule has 5 nitrogen and oxygen atoms in total. The summed E-state index contributed by atoms with van der Waals surface area (Å²) in [6.45, 7) is 2.33. The van der Waals surface area contributed by atoms with Crippen LogP contribution in [0, 0.1) is 0 Å². The van der Waals surface area contributed by atoms with Crippen LogP contribution in [0.2, 0.25) is 0 Å². The van der Waals surface area contributed by atoms with Crippen LogP contribution in [0.5, 0.6) is 0 Å². The molecule has 0 spiro atoms. The van der Waals surface area contributed by atoms with Crippen molar-refractivity contribution in [2.45, 2.75) is 50.2 Å². The SMILES string of the molecule is CC(C)OC(=O)C(CSC(=O)C(F)(F)C(F)(F)F)NC(=O)C(F)(F)C(F)(F)F. The fraction of sp³-hybridized carbons (Fsp3) is 0.750. The van der Waals surface area contributed by atoms with Gasteiger partial charge >= 0.3 is 36.1 Å². The van der Waals surface area contributed by atoms with Crippen molar-refractivity contribution in [2.75, 3.05) is 5.75 Å². The average molecular weight is 455 g/mol. The van der Waals surface area contributed by atoms with Gasteiger partial charge in [0.2, 0.25) is 0 Å². The van der Waals surface area contributed by atoms with Crippen LogP contribution in [0.3, 0.4) is 0 Å². The quantitative estimate of drug-likeness (QED) is 0.472. The molecule has 0 radical (unpaired) electrons. The Morgan fingerprint density at radius 3 is 1.64 bits per heavy atom. The molecule has 1 N–H and O–H groups in total. The Morgan fingerprint density at radius 2 is 1.29 bits per heavy atom. The largest absolute Gasteiger partial charge is 0.463 e. The predicted molar refractivity (Wildman–Crippen MR) is 72.6 cm³/mol. The van der Waals surface area contributed by atoms with E-state index in [0.717, 1.165) is 19.2 Å². The van der Waals surface area contributed by atoms with Gasteiger partial charge in [0.15, 0.2) is 0 Å². The lowest BCUT2D eigenvalue weighted by molar-refractivity contribution is -0.270. The maximum Gasteiger partial charge on any atom is 0.463 e. The third-order valence-electron chi connectivity index (χ3n) is 2.58. The first-order chi connectivity index (χ1) is 12.2. The van der Waals surface area contributed by atoms with Gasteiger partial charge < -0.3 is 10.1 Å². The van der Waals surface area contributed by atoms with Crippen LogP contribution in [0.15, 0.2) is 0 Å². The van der Waals surface area contributed by atoms with Crippen molar-refractivity contribution in [3.05, 3.63) is 0 Å². The van der Waals surface area contributed by atoms with Crippen molar-refractivity contribution in [1.29, 1.82) is 0 Å². The standard InChI is InChI=1S/C12H11F10NO4S/c1-4(2)27-6(24)5(23-7(25)9(13,14)11(17,18)19)3-28-8(26)10(15,16)12(20,21)22/h4-5H,3H2,1-2H3,(H,23,25). The lowest BCUT2D eigenvalue weighted by atomic mass is 10.2. The highest BCUT2D eigenvalue weighted by atomic mass is 32.2. The van der Waals surface area contributed by atoms with Crippen molar-refractivity contribution < 1.29 is 63.0 Å². The zero-order valence-electron chi connectivity index (χ0n) is 13.7. The van der Waals surface area contributed by atoms with E-state index in [4.69, 9.17) is 0 Å². The first-order valence-corrected chi connectivity index (χ1v) is 7.81. The Labute approximate surface area is 154 Å². The van der Waals surface area contributed by atoms with Crippen molar-refractivity contribution >= 4 is 28.8 Å². The van der Waals surface area contributed by atoms with Gasteiger partial charge in [-0.15, -0.1) is 0 Å². The van der Waals surface area contributed by atoms with Crippen LogP contribution in [0.1, 0.15) is 13.8 Å². The number of amides is 1. The van der Waals surface area contributed by atoms with E-state index in [-0.39, 0.29) is 0 Å². The van der Waals surface area contributed by atoms with E-state index in [1.165, 1.54) is 0 Å². The molecule has 0 aliphatic carbocycles. The van der Waals surface area contributed by atoms with Gasteiger partial charge in [0.05, 0.1) is 6.10 Å². The molecule has 0 aromatic rings. The van der Waals surface area contributed by atoms with E-state index in [1.54, 1.807) is 0 Å². The zero-order chi connectivity index (χ0) is 22.7. The summed E-state index contributed by atoms with van der Waals surface area (Å²) in [5.74, 6) is -18.3. The molecular weight excluding hydrogens is 444 g/mol. The summed E-state index contributed by atoms with van der Waals surface area (Å²) in [7, 11) is 0. The number of hydrogen-bond acceptors (Lipinski definition) is 5. The van der Waals surface area contributed by atoms with E-state index in [1.807, 2.05) is 0 Å². The molecule has 0 aromatic carbocycles. The zero-order valence-corrected chi connectivity index (χ0v) is 14.5. The van der Waals surface area contributed by atoms with Gasteiger partial charge in [-0.1, -0.05) is 11.8 Å². The van der Waals surface area contributed by atoms with Crippen LogP contribution in [-0.2, 0) is 19.1 Å². The van der Waals surface area contributed by atoms with E-state index in [9.17, 15) is 58.3 Å². The summed E-state index contributed by atoms with van der Waals surface area (Å²) in [5, 5.41) is -2.04. The highest BCUT2D eigenvalue weighted by Crippen LogP contribution is 2.39. The number of hydrogen-bond donors (Lipinski definition) is 1. The summed E-state index contributed by atoms with van der Waals surface area (Å²) >= 11 is -0.917. The molecule has 0 fully saturated rings. The predicted octanol–water partition coefficient (Wildman–Crippen LogP) is 3.08. The molecule has 0 rings (SSSR count). The first kappa shape index (κ1) is 26.3. The second kappa shape index (κ2) is 8.73. The minimum atomic E-state index is -6.39. The summed E-state index contributed by atoms with van der Waals surface area (Å²) in [4.78, 5) is 33.7. The fourth-order valence-electron chi connectivity index (χ4n) is 1.23. The summed E-state index contributed by atoms with van der Waals surface area (Å²) < 4.78 is 128. The number of esters is 1. The number of rotatable bonds is 7. The summed E-state index contributed by atoms with van der Waals surface area (Å²) in [6.07, 6.45) is -13.7. The number of thioether (sulfide) groups is 1. The number of nitrogens with one attached hydrogen (secondary N) is 1. The number of carbonyl (C=O) groups excluding carboxylic acids is 3. The van der Waals surface area contributed by atoms with Crippen LogP contribution in [-0.4, -0.2) is 59.1 Å². The average Bonchev–Trinajstić information content (AvgIpc) is 2.47. The normalized spacial score (nSPS) is 14.6. The van der Waals surface area contributed by atoms with E-state index in [0.29, 0.717) is 0 Å². The third kappa shape index (κ3) is 6.41. The minimum Gasteiger partial charge on any atom is -0.461 e. The molecular formula is C12H11F10NO4S. The van der Waals surface area contributed by atoms with E-state index < -0.39 is 70.8 Å². The summed E-state index contributed by atoms with van der Waals surface area (Å²) in [6, 6.07) is -2.55. The molecule has 0 heterocycles. The summed E-state index contributed by atoms with van der Waals surface area (Å²) in [5.41, 5.74) is 0. The number of ether oxygens (including phenoxy) is 1. The molecule has 1 atom stereocenters. The van der Waals surface area contributed by atoms with Gasteiger partial charge in [0.1, 0.15) is 6.04 Å². The maximum absolute atomic E-state index is 12.9. The van der Waals surface area contributed by atoms with Gasteiger partial charge in [-0.2, -0.15) is 43.9 Å². The number of alkyl halides is 10. The number of carbonyl (C=O) groups is 3. The lowest BCUT2D eigenvalue weighted by Crippen LogP contribution is -2.56. The van der Waals surface area contributed by atoms with Crippen molar-refractivity contribution in [2.24, 2.45) is 0 Å². The van der Waals surface area contributed by atoms with Crippen LogP contribution >= 0.6 is 11.8 Å². The molecule has 0 aliphatic rings. The topological polar surface area (TPSA) is 72.5 Å². The first-order valence-electron chi connectivity index (χ1n) is 6.83. The van der Waals surface area contributed by atoms with Gasteiger partial charge in [-0.25, -0.2) is 4.79 Å². The van der Waals surface area contributed by atoms with Gasteiger partial charge in [-0.05, 0) is 13.8 Å². The molecule has 28 heavy (non-hydrogen) atoms. The molecule has 0 saturated carbocycles.